The smallest absolute Gasteiger partial charge is 0.289 e. The third-order valence-corrected chi connectivity index (χ3v) is 2.96. The molecule has 22 heavy (non-hydrogen) atoms. The van der Waals surface area contributed by atoms with Gasteiger partial charge >= 0.3 is 6.18 Å². The Bertz CT molecular complexity index is 700. The summed E-state index contributed by atoms with van der Waals surface area (Å²) >= 11 is 0. The minimum Gasteiger partial charge on any atom is -0.289 e. The van der Waals surface area contributed by atoms with Crippen molar-refractivity contribution in [3.8, 4) is 0 Å². The van der Waals surface area contributed by atoms with Crippen molar-refractivity contribution in [2.75, 3.05) is 5.32 Å². The van der Waals surface area contributed by atoms with E-state index in [0.29, 0.717) is 5.69 Å². The Morgan fingerprint density at radius 2 is 1.86 bits per heavy atom. The predicted molar refractivity (Wildman–Crippen MR) is 71.3 cm³/mol. The molecule has 2 rings (SSSR count). The monoisotopic (exact) mass is 316 g/mol. The molecule has 0 saturated heterocycles. The molecule has 0 fully saturated rings. The molecule has 120 valence electrons. The number of amides is 1. The zero-order valence-corrected chi connectivity index (χ0v) is 12.4. The summed E-state index contributed by atoms with van der Waals surface area (Å²) in [5.41, 5.74) is 0.932. The van der Waals surface area contributed by atoms with E-state index < -0.39 is 17.9 Å². The lowest BCUT2D eigenvalue weighted by atomic mass is 10.1. The van der Waals surface area contributed by atoms with E-state index in [-0.39, 0.29) is 17.6 Å². The van der Waals surface area contributed by atoms with Crippen LogP contribution in [0.25, 0.3) is 0 Å². The minimum atomic E-state index is -4.67. The summed E-state index contributed by atoms with van der Waals surface area (Å²) in [6, 6.07) is 1.58. The Hall–Kier alpha value is -2.39. The first kappa shape index (κ1) is 16.0. The molecular weight excluding hydrogens is 301 g/mol. The molecule has 0 spiro atoms. The zero-order valence-electron chi connectivity index (χ0n) is 12.4. The quantitative estimate of drug-likeness (QED) is 0.939. The fourth-order valence-electron chi connectivity index (χ4n) is 1.76. The van der Waals surface area contributed by atoms with Gasteiger partial charge in [-0.15, -0.1) is 5.10 Å². The van der Waals surface area contributed by atoms with Gasteiger partial charge in [-0.1, -0.05) is 13.8 Å². The molecule has 0 bridgehead atoms. The molecule has 7 nitrogen and oxygen atoms in total. The summed E-state index contributed by atoms with van der Waals surface area (Å²) in [6.45, 7) is 3.84. The van der Waals surface area contributed by atoms with Crippen LogP contribution in [0.5, 0.6) is 0 Å². The number of alkyl halides is 3. The van der Waals surface area contributed by atoms with Crippen molar-refractivity contribution in [3.63, 3.8) is 0 Å². The number of halogens is 3. The van der Waals surface area contributed by atoms with Crippen LogP contribution in [0.4, 0.5) is 19.1 Å². The van der Waals surface area contributed by atoms with Crippen LogP contribution in [0, 0.1) is 0 Å². The van der Waals surface area contributed by atoms with Crippen molar-refractivity contribution in [2.45, 2.75) is 25.9 Å². The molecule has 10 heteroatoms. The maximum absolute atomic E-state index is 12.5. The van der Waals surface area contributed by atoms with Crippen LogP contribution in [0.3, 0.4) is 0 Å². The molecule has 0 aliphatic heterocycles. The molecule has 1 amide bonds. The Kier molecular flexibility index (Phi) is 3.94. The molecule has 0 saturated carbocycles. The zero-order chi connectivity index (χ0) is 16.7. The van der Waals surface area contributed by atoms with Gasteiger partial charge in [-0.2, -0.15) is 23.3 Å². The normalized spacial score (nSPS) is 12.0. The van der Waals surface area contributed by atoms with Crippen LogP contribution in [-0.2, 0) is 20.3 Å². The number of carbonyl (C=O) groups excluding carboxylic acids is 1. The van der Waals surface area contributed by atoms with E-state index in [1.54, 1.807) is 13.1 Å². The number of nitrogens with one attached hydrogen (secondary N) is 1. The predicted octanol–water partition coefficient (Wildman–Crippen LogP) is 1.94. The lowest BCUT2D eigenvalue weighted by molar-refractivity contribution is -0.144. The Labute approximate surface area is 124 Å². The first-order chi connectivity index (χ1) is 10.1. The summed E-state index contributed by atoms with van der Waals surface area (Å²) in [6.07, 6.45) is -4.67. The van der Waals surface area contributed by atoms with Crippen LogP contribution in [0.15, 0.2) is 6.07 Å². The highest BCUT2D eigenvalue weighted by atomic mass is 19.4. The SMILES string of the molecule is CC(C)c1cc(C(=O)Nc2nc(C(F)(F)F)nn2C)n(C)n1. The molecule has 2 aromatic rings. The molecule has 0 radical (unpaired) electrons. The van der Waals surface area contributed by atoms with Crippen molar-refractivity contribution in [2.24, 2.45) is 14.1 Å². The third kappa shape index (κ3) is 3.10. The van der Waals surface area contributed by atoms with Gasteiger partial charge in [0.1, 0.15) is 5.69 Å². The van der Waals surface area contributed by atoms with Gasteiger partial charge in [0, 0.05) is 14.1 Å². The summed E-state index contributed by atoms with van der Waals surface area (Å²) in [5.74, 6) is -2.08. The van der Waals surface area contributed by atoms with Gasteiger partial charge in [-0.3, -0.25) is 14.8 Å². The number of rotatable bonds is 3. The van der Waals surface area contributed by atoms with Crippen molar-refractivity contribution >= 4 is 11.9 Å². The molecule has 0 aliphatic rings. The Balaban J connectivity index is 2.24. The number of aryl methyl sites for hydroxylation is 2. The largest absolute Gasteiger partial charge is 0.453 e. The van der Waals surface area contributed by atoms with Gasteiger partial charge in [0.15, 0.2) is 0 Å². The molecule has 2 heterocycles. The van der Waals surface area contributed by atoms with Crippen molar-refractivity contribution in [1.82, 2.24) is 24.5 Å². The number of carbonyl (C=O) groups is 1. The van der Waals surface area contributed by atoms with Gasteiger partial charge in [-0.05, 0) is 12.0 Å². The average Bonchev–Trinajstić information content (AvgIpc) is 2.93. The van der Waals surface area contributed by atoms with Crippen LogP contribution < -0.4 is 5.32 Å². The highest BCUT2D eigenvalue weighted by Gasteiger charge is 2.37. The fraction of sp³-hybridized carbons (Fsp3) is 0.500. The van der Waals surface area contributed by atoms with Crippen LogP contribution in [0.1, 0.15) is 41.8 Å². The summed E-state index contributed by atoms with van der Waals surface area (Å²) < 4.78 is 39.8. The van der Waals surface area contributed by atoms with Crippen molar-refractivity contribution in [1.29, 1.82) is 0 Å². The van der Waals surface area contributed by atoms with Crippen LogP contribution in [0.2, 0.25) is 0 Å². The number of nitrogens with zero attached hydrogens (tertiary/aromatic N) is 5. The number of hydrogen-bond acceptors (Lipinski definition) is 4. The fourth-order valence-corrected chi connectivity index (χ4v) is 1.76. The molecule has 0 atom stereocenters. The van der Waals surface area contributed by atoms with E-state index in [4.69, 9.17) is 0 Å². The number of aromatic nitrogens is 5. The number of anilines is 1. The standard InChI is InChI=1S/C12H15F3N6O/c1-6(2)7-5-8(20(3)18-7)9(22)16-11-17-10(12(13,14)15)19-21(11)4/h5-6H,1-4H3,(H,16,17,19,22). The van der Waals surface area contributed by atoms with E-state index in [0.717, 1.165) is 4.68 Å². The second-order valence-corrected chi connectivity index (χ2v) is 5.07. The topological polar surface area (TPSA) is 77.6 Å². The second-order valence-electron chi connectivity index (χ2n) is 5.07. The molecule has 2 aromatic heterocycles. The average molecular weight is 316 g/mol. The molecule has 0 aliphatic carbocycles. The van der Waals surface area contributed by atoms with Gasteiger partial charge in [0.25, 0.3) is 11.7 Å². The summed E-state index contributed by atoms with van der Waals surface area (Å²) in [5, 5.41) is 9.70. The van der Waals surface area contributed by atoms with Gasteiger partial charge < -0.3 is 0 Å². The summed E-state index contributed by atoms with van der Waals surface area (Å²) in [4.78, 5) is 15.4. The molecule has 0 aromatic carbocycles. The maximum atomic E-state index is 12.5. The minimum absolute atomic E-state index is 0.124. The molecule has 0 unspecified atom stereocenters. The van der Waals surface area contributed by atoms with E-state index >= 15 is 0 Å². The van der Waals surface area contributed by atoms with Crippen molar-refractivity contribution < 1.29 is 18.0 Å². The van der Waals surface area contributed by atoms with E-state index in [1.807, 2.05) is 13.8 Å². The second kappa shape index (κ2) is 5.43. The molecular formula is C12H15F3N6O. The number of hydrogen-bond donors (Lipinski definition) is 1. The van der Waals surface area contributed by atoms with E-state index in [2.05, 4.69) is 20.5 Å². The van der Waals surface area contributed by atoms with Gasteiger partial charge in [-0.25, -0.2) is 4.68 Å². The first-order valence-electron chi connectivity index (χ1n) is 6.43. The molecule has 1 N–H and O–H groups in total. The van der Waals surface area contributed by atoms with E-state index in [9.17, 15) is 18.0 Å². The van der Waals surface area contributed by atoms with Crippen LogP contribution >= 0.6 is 0 Å². The third-order valence-electron chi connectivity index (χ3n) is 2.96. The lowest BCUT2D eigenvalue weighted by Crippen LogP contribution is -2.18. The first-order valence-corrected chi connectivity index (χ1v) is 6.43. The Morgan fingerprint density at radius 1 is 1.23 bits per heavy atom. The van der Waals surface area contributed by atoms with Crippen molar-refractivity contribution in [3.05, 3.63) is 23.3 Å². The van der Waals surface area contributed by atoms with Crippen LogP contribution in [-0.4, -0.2) is 30.5 Å². The lowest BCUT2D eigenvalue weighted by Gasteiger charge is -2.03. The summed E-state index contributed by atoms with van der Waals surface area (Å²) in [7, 11) is 2.85. The highest BCUT2D eigenvalue weighted by molar-refractivity contribution is 6.02. The highest BCUT2D eigenvalue weighted by Crippen LogP contribution is 2.27. The van der Waals surface area contributed by atoms with Gasteiger partial charge in [0.05, 0.1) is 5.69 Å². The maximum Gasteiger partial charge on any atom is 0.453 e. The van der Waals surface area contributed by atoms with E-state index in [1.165, 1.54) is 11.7 Å². The van der Waals surface area contributed by atoms with Gasteiger partial charge in [0.2, 0.25) is 5.95 Å². The Morgan fingerprint density at radius 3 is 2.32 bits per heavy atom.